The summed E-state index contributed by atoms with van der Waals surface area (Å²) in [7, 11) is 1.36. The standard InChI is InChI=1S/C19H22Br2F2O3/c1-9(2)6-12-13(19(12,3)4)18(24)26-8-10-14(20)16(22)11(7-25-5)17(23)15(10)21/h6,12-13H,7-8H2,1-5H3/t12-,13+/m1/s1. The van der Waals surface area contributed by atoms with Gasteiger partial charge in [0.25, 0.3) is 0 Å². The van der Waals surface area contributed by atoms with Crippen LogP contribution in [0.3, 0.4) is 0 Å². The largest absolute Gasteiger partial charge is 0.460 e. The van der Waals surface area contributed by atoms with Crippen molar-refractivity contribution in [2.75, 3.05) is 7.11 Å². The second-order valence-electron chi connectivity index (χ2n) is 7.32. The summed E-state index contributed by atoms with van der Waals surface area (Å²) < 4.78 is 39.1. The van der Waals surface area contributed by atoms with Crippen LogP contribution in [0.5, 0.6) is 0 Å². The fraction of sp³-hybridized carbons (Fsp3) is 0.526. The van der Waals surface area contributed by atoms with Gasteiger partial charge in [0.15, 0.2) is 0 Å². The Kier molecular flexibility index (Phi) is 6.67. The van der Waals surface area contributed by atoms with Crippen molar-refractivity contribution in [1.29, 1.82) is 0 Å². The van der Waals surface area contributed by atoms with E-state index in [9.17, 15) is 13.6 Å². The number of hydrogen-bond acceptors (Lipinski definition) is 3. The zero-order valence-electron chi connectivity index (χ0n) is 15.4. The quantitative estimate of drug-likeness (QED) is 0.279. The van der Waals surface area contributed by atoms with Crippen LogP contribution in [0.2, 0.25) is 0 Å². The van der Waals surface area contributed by atoms with E-state index in [1.54, 1.807) is 0 Å². The minimum Gasteiger partial charge on any atom is -0.460 e. The van der Waals surface area contributed by atoms with Crippen LogP contribution in [-0.4, -0.2) is 13.1 Å². The maximum Gasteiger partial charge on any atom is 0.310 e. The topological polar surface area (TPSA) is 35.5 Å². The Morgan fingerprint density at radius 1 is 1.12 bits per heavy atom. The van der Waals surface area contributed by atoms with Crippen molar-refractivity contribution >= 4 is 37.8 Å². The zero-order chi connectivity index (χ0) is 19.8. The predicted octanol–water partition coefficient (Wildman–Crippen LogP) is 5.92. The lowest BCUT2D eigenvalue weighted by Gasteiger charge is -2.14. The van der Waals surface area contributed by atoms with Crippen LogP contribution in [0.15, 0.2) is 20.6 Å². The third-order valence-electron chi connectivity index (χ3n) is 4.77. The maximum atomic E-state index is 14.4. The number of carbonyl (C=O) groups excluding carboxylic acids is 1. The second-order valence-corrected chi connectivity index (χ2v) is 8.91. The van der Waals surface area contributed by atoms with E-state index in [4.69, 9.17) is 9.47 Å². The highest BCUT2D eigenvalue weighted by atomic mass is 79.9. The Labute approximate surface area is 169 Å². The average molecular weight is 496 g/mol. The van der Waals surface area contributed by atoms with E-state index in [0.29, 0.717) is 0 Å². The van der Waals surface area contributed by atoms with Gasteiger partial charge in [0.05, 0.1) is 27.0 Å². The van der Waals surface area contributed by atoms with E-state index in [1.807, 2.05) is 27.7 Å². The Morgan fingerprint density at radius 3 is 2.12 bits per heavy atom. The first-order valence-corrected chi connectivity index (χ1v) is 9.76. The lowest BCUT2D eigenvalue weighted by Crippen LogP contribution is -2.12. The molecule has 7 heteroatoms. The van der Waals surface area contributed by atoms with E-state index in [0.717, 1.165) is 5.57 Å². The molecule has 0 bridgehead atoms. The van der Waals surface area contributed by atoms with Crippen LogP contribution in [0.4, 0.5) is 8.78 Å². The minimum atomic E-state index is -0.757. The predicted molar refractivity (Wildman–Crippen MR) is 102 cm³/mol. The minimum absolute atomic E-state index is 0.0570. The molecule has 1 aromatic carbocycles. The van der Waals surface area contributed by atoms with Crippen LogP contribution >= 0.6 is 31.9 Å². The summed E-state index contributed by atoms with van der Waals surface area (Å²) in [5, 5.41) is 0. The maximum absolute atomic E-state index is 14.4. The van der Waals surface area contributed by atoms with Crippen LogP contribution < -0.4 is 0 Å². The number of hydrogen-bond donors (Lipinski definition) is 0. The van der Waals surface area contributed by atoms with Crippen molar-refractivity contribution in [2.45, 2.75) is 40.9 Å². The Bertz CT molecular complexity index is 727. The fourth-order valence-corrected chi connectivity index (χ4v) is 4.52. The van der Waals surface area contributed by atoms with Crippen molar-refractivity contribution < 1.29 is 23.0 Å². The van der Waals surface area contributed by atoms with Gasteiger partial charge in [-0.2, -0.15) is 0 Å². The highest BCUT2D eigenvalue weighted by Crippen LogP contribution is 2.59. The molecule has 0 radical (unpaired) electrons. The summed E-state index contributed by atoms with van der Waals surface area (Å²) >= 11 is 6.26. The smallest absolute Gasteiger partial charge is 0.310 e. The molecule has 1 saturated carbocycles. The Balaban J connectivity index is 2.18. The lowest BCUT2D eigenvalue weighted by molar-refractivity contribution is -0.147. The molecule has 0 aliphatic heterocycles. The van der Waals surface area contributed by atoms with Gasteiger partial charge in [-0.15, -0.1) is 0 Å². The van der Waals surface area contributed by atoms with E-state index in [1.165, 1.54) is 7.11 Å². The molecule has 1 aromatic rings. The van der Waals surface area contributed by atoms with Crippen LogP contribution in [0, 0.1) is 28.9 Å². The summed E-state index contributed by atoms with van der Waals surface area (Å²) in [6.07, 6.45) is 2.07. The molecule has 0 aromatic heterocycles. The number of halogens is 4. The molecule has 26 heavy (non-hydrogen) atoms. The van der Waals surface area contributed by atoms with E-state index < -0.39 is 11.6 Å². The molecule has 0 spiro atoms. The fourth-order valence-electron chi connectivity index (χ4n) is 3.15. The Morgan fingerprint density at radius 2 is 1.65 bits per heavy atom. The van der Waals surface area contributed by atoms with Gasteiger partial charge in [-0.05, 0) is 57.0 Å². The van der Waals surface area contributed by atoms with Gasteiger partial charge in [0, 0.05) is 12.7 Å². The number of esters is 1. The molecule has 2 atom stereocenters. The van der Waals surface area contributed by atoms with Gasteiger partial charge < -0.3 is 9.47 Å². The van der Waals surface area contributed by atoms with Crippen LogP contribution in [0.25, 0.3) is 0 Å². The summed E-state index contributed by atoms with van der Waals surface area (Å²) in [6.45, 7) is 7.56. The molecule has 3 nitrogen and oxygen atoms in total. The van der Waals surface area contributed by atoms with E-state index in [-0.39, 0.29) is 56.5 Å². The van der Waals surface area contributed by atoms with Gasteiger partial charge in [-0.1, -0.05) is 25.5 Å². The number of allylic oxidation sites excluding steroid dienone is 2. The molecule has 0 heterocycles. The number of benzene rings is 1. The SMILES string of the molecule is COCc1c(F)c(Br)c(COC(=O)[C@@H]2[C@@H](C=C(C)C)C2(C)C)c(Br)c1F. The van der Waals surface area contributed by atoms with Crippen molar-refractivity contribution in [3.63, 3.8) is 0 Å². The highest BCUT2D eigenvalue weighted by Gasteiger charge is 2.61. The van der Waals surface area contributed by atoms with E-state index >= 15 is 0 Å². The van der Waals surface area contributed by atoms with Gasteiger partial charge in [-0.25, -0.2) is 8.78 Å². The van der Waals surface area contributed by atoms with Crippen molar-refractivity contribution in [2.24, 2.45) is 17.3 Å². The number of ether oxygens (including phenoxy) is 2. The average Bonchev–Trinajstić information content (AvgIpc) is 3.09. The molecule has 0 unspecified atom stereocenters. The van der Waals surface area contributed by atoms with Gasteiger partial charge >= 0.3 is 5.97 Å². The molecular weight excluding hydrogens is 474 g/mol. The van der Waals surface area contributed by atoms with Crippen molar-refractivity contribution in [3.05, 3.63) is 43.4 Å². The molecule has 1 aliphatic carbocycles. The molecular formula is C19H22Br2F2O3. The monoisotopic (exact) mass is 494 g/mol. The van der Waals surface area contributed by atoms with Gasteiger partial charge in [0.2, 0.25) is 0 Å². The van der Waals surface area contributed by atoms with Gasteiger partial charge in [-0.3, -0.25) is 4.79 Å². The molecule has 0 saturated heterocycles. The third-order valence-corrected chi connectivity index (χ3v) is 6.42. The first-order valence-electron chi connectivity index (χ1n) is 8.18. The number of methoxy groups -OCH3 is 1. The van der Waals surface area contributed by atoms with E-state index in [2.05, 4.69) is 37.9 Å². The zero-order valence-corrected chi connectivity index (χ0v) is 18.6. The van der Waals surface area contributed by atoms with Crippen molar-refractivity contribution in [3.8, 4) is 0 Å². The van der Waals surface area contributed by atoms with Crippen LogP contribution in [-0.2, 0) is 27.5 Å². The summed E-state index contributed by atoms with van der Waals surface area (Å²) in [4.78, 5) is 12.5. The normalized spacial score (nSPS) is 20.7. The van der Waals surface area contributed by atoms with Crippen LogP contribution in [0.1, 0.15) is 38.8 Å². The molecule has 2 rings (SSSR count). The van der Waals surface area contributed by atoms with Crippen molar-refractivity contribution in [1.82, 2.24) is 0 Å². The lowest BCUT2D eigenvalue weighted by atomic mass is 10.1. The molecule has 0 amide bonds. The number of carbonyl (C=O) groups is 1. The summed E-state index contributed by atoms with van der Waals surface area (Å²) in [5.74, 6) is -2.01. The molecule has 0 N–H and O–H groups in total. The van der Waals surface area contributed by atoms with Gasteiger partial charge in [0.1, 0.15) is 18.2 Å². The highest BCUT2D eigenvalue weighted by molar-refractivity contribution is 9.11. The third kappa shape index (κ3) is 4.04. The number of rotatable bonds is 6. The molecule has 1 aliphatic rings. The Hall–Kier alpha value is -0.790. The second kappa shape index (κ2) is 8.07. The molecule has 144 valence electrons. The first-order chi connectivity index (χ1) is 12.0. The summed E-state index contributed by atoms with van der Waals surface area (Å²) in [6, 6.07) is 0. The molecule has 1 fully saturated rings. The summed E-state index contributed by atoms with van der Waals surface area (Å²) in [5.41, 5.74) is 0.988. The first kappa shape index (κ1) is 21.5.